The molecule has 2 unspecified atom stereocenters. The monoisotopic (exact) mass is 294 g/mol. The van der Waals surface area contributed by atoms with Crippen molar-refractivity contribution in [2.45, 2.75) is 63.6 Å². The van der Waals surface area contributed by atoms with Gasteiger partial charge in [-0.3, -0.25) is 0 Å². The highest BCUT2D eigenvalue weighted by Gasteiger charge is 2.40. The largest absolute Gasteiger partial charge is 0.361 e. The summed E-state index contributed by atoms with van der Waals surface area (Å²) in [6.45, 7) is 3.19. The van der Waals surface area contributed by atoms with Crippen LogP contribution in [0, 0.1) is 11.6 Å². The number of nitrogens with one attached hydrogen (secondary N) is 1. The first kappa shape index (κ1) is 14.8. The van der Waals surface area contributed by atoms with Crippen LogP contribution in [0.5, 0.6) is 0 Å². The molecular formula is C17H24F2N2. The standard InChI is InChI=1S/C17H24F2N2/c1-2-9-20-12-10-13-5-3-6-14(11-12)21(13)17-15(18)7-4-8-16(17)19/h4,7-8,12-14,20H,2-3,5-6,9-11H2,1H3. The van der Waals surface area contributed by atoms with E-state index in [-0.39, 0.29) is 17.8 Å². The highest BCUT2D eigenvalue weighted by atomic mass is 19.1. The number of para-hydroxylation sites is 1. The van der Waals surface area contributed by atoms with E-state index >= 15 is 0 Å². The lowest BCUT2D eigenvalue weighted by molar-refractivity contribution is 0.242. The average molecular weight is 294 g/mol. The molecule has 2 aliphatic rings. The fraction of sp³-hybridized carbons (Fsp3) is 0.647. The van der Waals surface area contributed by atoms with Crippen LogP contribution in [0.25, 0.3) is 0 Å². The molecule has 1 N–H and O–H groups in total. The number of halogens is 2. The second kappa shape index (κ2) is 6.30. The van der Waals surface area contributed by atoms with Crippen LogP contribution in [-0.2, 0) is 0 Å². The lowest BCUT2D eigenvalue weighted by Gasteiger charge is -2.50. The molecule has 0 amide bonds. The highest BCUT2D eigenvalue weighted by molar-refractivity contribution is 5.52. The van der Waals surface area contributed by atoms with Gasteiger partial charge in [0.05, 0.1) is 0 Å². The second-order valence-corrected chi connectivity index (χ2v) is 6.34. The van der Waals surface area contributed by atoms with Crippen LogP contribution in [0.1, 0.15) is 45.4 Å². The van der Waals surface area contributed by atoms with Crippen LogP contribution in [-0.4, -0.2) is 24.7 Å². The molecule has 1 aromatic rings. The number of hydrogen-bond acceptors (Lipinski definition) is 2. The van der Waals surface area contributed by atoms with Crippen LogP contribution in [0.4, 0.5) is 14.5 Å². The van der Waals surface area contributed by atoms with E-state index in [4.69, 9.17) is 0 Å². The molecule has 2 nitrogen and oxygen atoms in total. The molecule has 21 heavy (non-hydrogen) atoms. The Morgan fingerprint density at radius 3 is 2.33 bits per heavy atom. The molecule has 1 aromatic carbocycles. The first-order valence-electron chi connectivity index (χ1n) is 8.16. The van der Waals surface area contributed by atoms with Gasteiger partial charge in [-0.1, -0.05) is 13.0 Å². The summed E-state index contributed by atoms with van der Waals surface area (Å²) in [7, 11) is 0. The van der Waals surface area contributed by atoms with Gasteiger partial charge < -0.3 is 10.2 Å². The van der Waals surface area contributed by atoms with Gasteiger partial charge in [-0.15, -0.1) is 0 Å². The second-order valence-electron chi connectivity index (χ2n) is 6.34. The van der Waals surface area contributed by atoms with Gasteiger partial charge in [-0.25, -0.2) is 8.78 Å². The summed E-state index contributed by atoms with van der Waals surface area (Å²) in [5, 5.41) is 3.59. The van der Waals surface area contributed by atoms with Crippen LogP contribution in [0.15, 0.2) is 18.2 Å². The topological polar surface area (TPSA) is 15.3 Å². The van der Waals surface area contributed by atoms with E-state index in [1.807, 2.05) is 4.90 Å². The Kier molecular flexibility index (Phi) is 4.43. The molecule has 0 radical (unpaired) electrons. The quantitative estimate of drug-likeness (QED) is 0.907. The average Bonchev–Trinajstić information content (AvgIpc) is 2.45. The van der Waals surface area contributed by atoms with E-state index in [9.17, 15) is 8.78 Å². The van der Waals surface area contributed by atoms with Crippen LogP contribution in [0.2, 0.25) is 0 Å². The van der Waals surface area contributed by atoms with Crippen molar-refractivity contribution in [3.8, 4) is 0 Å². The molecule has 0 aliphatic carbocycles. The van der Waals surface area contributed by atoms with Crippen molar-refractivity contribution in [2.75, 3.05) is 11.4 Å². The molecule has 4 heteroatoms. The van der Waals surface area contributed by atoms with Gasteiger partial charge in [0, 0.05) is 18.1 Å². The summed E-state index contributed by atoms with van der Waals surface area (Å²) in [6.07, 6.45) is 6.34. The SMILES string of the molecule is CCCNC1CC2CCCC(C1)N2c1c(F)cccc1F. The maximum Gasteiger partial charge on any atom is 0.149 e. The number of benzene rings is 1. The summed E-state index contributed by atoms with van der Waals surface area (Å²) in [6, 6.07) is 5.20. The molecule has 0 aromatic heterocycles. The summed E-state index contributed by atoms with van der Waals surface area (Å²) in [5.41, 5.74) is 0.196. The third-order valence-corrected chi connectivity index (χ3v) is 4.85. The van der Waals surface area contributed by atoms with Crippen molar-refractivity contribution in [1.29, 1.82) is 0 Å². The fourth-order valence-corrected chi connectivity index (χ4v) is 4.00. The molecular weight excluding hydrogens is 270 g/mol. The maximum atomic E-state index is 14.1. The molecule has 2 heterocycles. The molecule has 3 rings (SSSR count). The van der Waals surface area contributed by atoms with E-state index in [1.165, 1.54) is 24.6 Å². The Labute approximate surface area is 125 Å². The Morgan fingerprint density at radius 1 is 1.14 bits per heavy atom. The van der Waals surface area contributed by atoms with Crippen LogP contribution in [0.3, 0.4) is 0 Å². The van der Waals surface area contributed by atoms with Gasteiger partial charge in [0.2, 0.25) is 0 Å². The van der Waals surface area contributed by atoms with Gasteiger partial charge in [0.25, 0.3) is 0 Å². The van der Waals surface area contributed by atoms with Crippen molar-refractivity contribution in [1.82, 2.24) is 5.32 Å². The zero-order valence-corrected chi connectivity index (χ0v) is 12.6. The van der Waals surface area contributed by atoms with E-state index in [0.717, 1.165) is 38.6 Å². The lowest BCUT2D eigenvalue weighted by atomic mass is 9.81. The summed E-state index contributed by atoms with van der Waals surface area (Å²) >= 11 is 0. The lowest BCUT2D eigenvalue weighted by Crippen LogP contribution is -2.57. The number of nitrogens with zero attached hydrogens (tertiary/aromatic N) is 1. The summed E-state index contributed by atoms with van der Waals surface area (Å²) in [4.78, 5) is 2.04. The minimum atomic E-state index is -0.424. The van der Waals surface area contributed by atoms with Gasteiger partial charge >= 0.3 is 0 Å². The molecule has 116 valence electrons. The zero-order chi connectivity index (χ0) is 14.8. The number of piperidine rings is 2. The number of anilines is 1. The highest BCUT2D eigenvalue weighted by Crippen LogP contribution is 2.39. The van der Waals surface area contributed by atoms with E-state index in [1.54, 1.807) is 0 Å². The van der Waals surface area contributed by atoms with Crippen LogP contribution >= 0.6 is 0 Å². The first-order chi connectivity index (χ1) is 10.2. The van der Waals surface area contributed by atoms with Gasteiger partial charge in [-0.2, -0.15) is 0 Å². The molecule has 0 spiro atoms. The fourth-order valence-electron chi connectivity index (χ4n) is 4.00. The molecule has 2 aliphatic heterocycles. The Balaban J connectivity index is 1.84. The first-order valence-corrected chi connectivity index (χ1v) is 8.16. The third kappa shape index (κ3) is 2.91. The van der Waals surface area contributed by atoms with Crippen molar-refractivity contribution < 1.29 is 8.78 Å². The van der Waals surface area contributed by atoms with Gasteiger partial charge in [0.15, 0.2) is 0 Å². The Hall–Kier alpha value is -1.16. The molecule has 2 atom stereocenters. The normalized spacial score (nSPS) is 28.7. The van der Waals surface area contributed by atoms with Crippen molar-refractivity contribution in [3.05, 3.63) is 29.8 Å². The molecule has 2 saturated heterocycles. The number of fused-ring (bicyclic) bond motifs is 2. The van der Waals surface area contributed by atoms with E-state index in [2.05, 4.69) is 12.2 Å². The van der Waals surface area contributed by atoms with E-state index in [0.29, 0.717) is 6.04 Å². The minimum Gasteiger partial charge on any atom is -0.361 e. The zero-order valence-electron chi connectivity index (χ0n) is 12.6. The molecule has 2 fully saturated rings. The van der Waals surface area contributed by atoms with Crippen LogP contribution < -0.4 is 10.2 Å². The third-order valence-electron chi connectivity index (χ3n) is 4.85. The Morgan fingerprint density at radius 2 is 1.76 bits per heavy atom. The predicted octanol–water partition coefficient (Wildman–Crippen LogP) is 3.85. The smallest absolute Gasteiger partial charge is 0.149 e. The summed E-state index contributed by atoms with van der Waals surface area (Å²) in [5.74, 6) is -0.848. The van der Waals surface area contributed by atoms with Gasteiger partial charge in [-0.05, 0) is 57.2 Å². The Bertz CT molecular complexity index is 457. The predicted molar refractivity (Wildman–Crippen MR) is 81.6 cm³/mol. The van der Waals surface area contributed by atoms with Crippen molar-refractivity contribution in [3.63, 3.8) is 0 Å². The molecule has 2 bridgehead atoms. The van der Waals surface area contributed by atoms with Crippen molar-refractivity contribution in [2.24, 2.45) is 0 Å². The molecule has 0 saturated carbocycles. The van der Waals surface area contributed by atoms with E-state index < -0.39 is 11.6 Å². The number of rotatable bonds is 4. The summed E-state index contributed by atoms with van der Waals surface area (Å²) < 4.78 is 28.3. The number of hydrogen-bond donors (Lipinski definition) is 1. The minimum absolute atomic E-state index is 0.196. The maximum absolute atomic E-state index is 14.1. The van der Waals surface area contributed by atoms with Gasteiger partial charge in [0.1, 0.15) is 17.3 Å². The van der Waals surface area contributed by atoms with Crippen molar-refractivity contribution >= 4 is 5.69 Å².